The maximum atomic E-state index is 15.3. The second-order valence-corrected chi connectivity index (χ2v) is 25.8. The summed E-state index contributed by atoms with van der Waals surface area (Å²) in [6.45, 7) is 28.0. The van der Waals surface area contributed by atoms with Crippen LogP contribution in [-0.4, -0.2) is 5.11 Å². The van der Waals surface area contributed by atoms with Crippen LogP contribution in [-0.2, 0) is 32.7 Å². The Kier molecular flexibility index (Phi) is 8.43. The largest absolute Gasteiger partial charge is 0.376 e. The molecule has 0 radical (unpaired) electrons. The van der Waals surface area contributed by atoms with Crippen molar-refractivity contribution < 1.29 is 5.11 Å². The number of halogens is 2. The van der Waals surface area contributed by atoms with Crippen molar-refractivity contribution in [3.05, 3.63) is 184 Å². The Balaban J connectivity index is 1.44. The van der Waals surface area contributed by atoms with E-state index in [0.29, 0.717) is 0 Å². The average Bonchev–Trinajstić information content (AvgIpc) is 3.70. The van der Waals surface area contributed by atoms with Crippen LogP contribution in [0.3, 0.4) is 0 Å². The smallest absolute Gasteiger partial charge is 0.143 e. The molecule has 4 aliphatic carbocycles. The molecule has 4 aliphatic rings. The third-order valence-corrected chi connectivity index (χ3v) is 18.0. The third-order valence-electron chi connectivity index (χ3n) is 15.7. The van der Waals surface area contributed by atoms with Gasteiger partial charge in [-0.15, -0.1) is 0 Å². The van der Waals surface area contributed by atoms with Crippen molar-refractivity contribution in [2.24, 2.45) is 0 Å². The normalized spacial score (nSPS) is 18.8. The molecule has 0 saturated carbocycles. The zero-order valence-electron chi connectivity index (χ0n) is 39.7. The van der Waals surface area contributed by atoms with E-state index in [0.717, 1.165) is 22.3 Å². The second-order valence-electron chi connectivity index (χ2n) is 23.6. The minimum atomic E-state index is -1.48. The summed E-state index contributed by atoms with van der Waals surface area (Å²) in [6, 6.07) is 45.1. The van der Waals surface area contributed by atoms with Crippen LogP contribution in [0.2, 0.25) is 0 Å². The molecular weight excluding hydrogens is 1010 g/mol. The van der Waals surface area contributed by atoms with Gasteiger partial charge in [0.05, 0.1) is 5.41 Å². The standard InChI is InChI=1S/C62H56I2O/c1-57(2,3)32-20-22-33(23-21-32)61-45-31-35(59(7,8)9)25-27-40(45)48-52(61)53-46-36(18-15-19-42(46)56(48)64)43-30-34(58(4,5)6)24-26-37(43)47-44(60(10,11)12)29-28-41-49-54(62(53,65)50(41)47)51(61)38-16-13-14-17-39(38)55(49)63/h13-31,65H,1-12H3/t61-,62+/m0/s1. The first-order valence-electron chi connectivity index (χ1n) is 23.4. The highest BCUT2D eigenvalue weighted by Gasteiger charge is 2.63. The molecule has 2 atom stereocenters. The number of rotatable bonds is 1. The second kappa shape index (κ2) is 13.0. The Labute approximate surface area is 412 Å². The minimum absolute atomic E-state index is 0.0184. The molecule has 0 unspecified atom stereocenters. The van der Waals surface area contributed by atoms with Gasteiger partial charge in [0.25, 0.3) is 0 Å². The molecular formula is C62H56I2O. The van der Waals surface area contributed by atoms with Crippen molar-refractivity contribution in [1.29, 1.82) is 0 Å². The third kappa shape index (κ3) is 5.19. The topological polar surface area (TPSA) is 20.2 Å². The van der Waals surface area contributed by atoms with Crippen molar-refractivity contribution in [3.63, 3.8) is 0 Å². The molecule has 0 bridgehead atoms. The number of aliphatic hydroxyl groups is 1. The SMILES string of the molecule is CC(C)(C)c1ccc([C@@]23c4cc(C(C)(C)C)ccc4-c4c2c2c5c(cccc5c4I)-c4cc(C(C)(C)C)ccc4-c4c(C(C)(C)C)ccc5c4[C@]2(O)c2c-5c(I)c4ccccc4c23)cc1. The molecule has 0 aliphatic heterocycles. The molecule has 0 fully saturated rings. The highest BCUT2D eigenvalue weighted by atomic mass is 127. The Morgan fingerprint density at radius 1 is 0.400 bits per heavy atom. The van der Waals surface area contributed by atoms with Gasteiger partial charge in [-0.3, -0.25) is 0 Å². The summed E-state index contributed by atoms with van der Waals surface area (Å²) in [5.74, 6) is 0. The van der Waals surface area contributed by atoms with Crippen LogP contribution in [0.5, 0.6) is 0 Å². The lowest BCUT2D eigenvalue weighted by atomic mass is 9.55. The molecule has 8 aromatic carbocycles. The Morgan fingerprint density at radius 3 is 1.60 bits per heavy atom. The van der Waals surface area contributed by atoms with Crippen LogP contribution in [0.15, 0.2) is 115 Å². The van der Waals surface area contributed by atoms with Crippen LogP contribution >= 0.6 is 45.2 Å². The summed E-state index contributed by atoms with van der Waals surface area (Å²) in [5.41, 5.74) is 20.4. The maximum Gasteiger partial charge on any atom is 0.143 e. The Morgan fingerprint density at radius 2 is 0.954 bits per heavy atom. The van der Waals surface area contributed by atoms with Crippen molar-refractivity contribution in [2.45, 2.75) is 116 Å². The summed E-state index contributed by atoms with van der Waals surface area (Å²) < 4.78 is 2.44. The van der Waals surface area contributed by atoms with Crippen LogP contribution in [0.1, 0.15) is 144 Å². The molecule has 3 heteroatoms. The fourth-order valence-electron chi connectivity index (χ4n) is 12.6. The van der Waals surface area contributed by atoms with Gasteiger partial charge in [0.1, 0.15) is 5.60 Å². The fourth-order valence-corrected chi connectivity index (χ4v) is 14.7. The zero-order chi connectivity index (χ0) is 45.9. The molecule has 0 saturated heterocycles. The average molecular weight is 1070 g/mol. The number of benzene rings is 8. The van der Waals surface area contributed by atoms with Gasteiger partial charge in [-0.1, -0.05) is 192 Å². The summed E-state index contributed by atoms with van der Waals surface area (Å²) in [4.78, 5) is 0. The molecule has 0 amide bonds. The van der Waals surface area contributed by atoms with Crippen LogP contribution < -0.4 is 0 Å². The lowest BCUT2D eigenvalue weighted by Gasteiger charge is -2.48. The molecule has 1 N–H and O–H groups in total. The molecule has 1 nitrogen and oxygen atoms in total. The lowest BCUT2D eigenvalue weighted by molar-refractivity contribution is 0.126. The molecule has 0 aromatic heterocycles. The molecule has 8 aromatic rings. The van der Waals surface area contributed by atoms with Gasteiger partial charge in [0, 0.05) is 35.0 Å². The van der Waals surface area contributed by atoms with E-state index < -0.39 is 11.0 Å². The van der Waals surface area contributed by atoms with Gasteiger partial charge >= 0.3 is 0 Å². The first-order valence-corrected chi connectivity index (χ1v) is 25.5. The number of hydrogen-bond donors (Lipinski definition) is 1. The van der Waals surface area contributed by atoms with E-state index in [1.165, 1.54) is 112 Å². The fraction of sp³-hybridized carbons (Fsp3) is 0.290. The molecule has 0 heterocycles. The summed E-state index contributed by atoms with van der Waals surface area (Å²) in [5, 5.41) is 20.2. The van der Waals surface area contributed by atoms with Crippen molar-refractivity contribution in [3.8, 4) is 44.5 Å². The number of fused-ring (bicyclic) bond motifs is 10. The van der Waals surface area contributed by atoms with Gasteiger partial charge in [-0.25, -0.2) is 0 Å². The molecule has 12 rings (SSSR count). The summed E-state index contributed by atoms with van der Waals surface area (Å²) in [6.07, 6.45) is 0. The lowest BCUT2D eigenvalue weighted by Crippen LogP contribution is -2.44. The molecule has 65 heavy (non-hydrogen) atoms. The monoisotopic (exact) mass is 1070 g/mol. The zero-order valence-corrected chi connectivity index (χ0v) is 44.0. The maximum absolute atomic E-state index is 15.3. The van der Waals surface area contributed by atoms with Crippen LogP contribution in [0, 0.1) is 7.14 Å². The van der Waals surface area contributed by atoms with Gasteiger partial charge in [0.15, 0.2) is 0 Å². The van der Waals surface area contributed by atoms with E-state index in [-0.39, 0.29) is 21.7 Å². The van der Waals surface area contributed by atoms with Gasteiger partial charge in [-0.05, 0) is 172 Å². The predicted octanol–water partition coefficient (Wildman–Crippen LogP) is 17.0. The van der Waals surface area contributed by atoms with Crippen LogP contribution in [0.25, 0.3) is 66.1 Å². The highest BCUT2D eigenvalue weighted by Crippen LogP contribution is 2.73. The highest BCUT2D eigenvalue weighted by molar-refractivity contribution is 14.1. The van der Waals surface area contributed by atoms with Gasteiger partial charge < -0.3 is 5.11 Å². The molecule has 324 valence electrons. The van der Waals surface area contributed by atoms with E-state index in [1.807, 2.05) is 0 Å². The van der Waals surface area contributed by atoms with Crippen molar-refractivity contribution in [2.75, 3.05) is 0 Å². The molecule has 0 spiro atoms. The van der Waals surface area contributed by atoms with Gasteiger partial charge in [-0.2, -0.15) is 0 Å². The summed E-state index contributed by atoms with van der Waals surface area (Å²) in [7, 11) is 0. The van der Waals surface area contributed by atoms with Crippen molar-refractivity contribution >= 4 is 66.7 Å². The Hall–Kier alpha value is -4.30. The summed E-state index contributed by atoms with van der Waals surface area (Å²) >= 11 is 5.34. The van der Waals surface area contributed by atoms with Crippen LogP contribution in [0.4, 0.5) is 0 Å². The Bertz CT molecular complexity index is 3490. The quantitative estimate of drug-likeness (QED) is 0.162. The first-order chi connectivity index (χ1) is 30.5. The van der Waals surface area contributed by atoms with E-state index in [9.17, 15) is 0 Å². The van der Waals surface area contributed by atoms with E-state index >= 15 is 5.11 Å². The van der Waals surface area contributed by atoms with Gasteiger partial charge in [0.2, 0.25) is 0 Å². The van der Waals surface area contributed by atoms with Crippen molar-refractivity contribution in [1.82, 2.24) is 0 Å². The van der Waals surface area contributed by atoms with E-state index in [2.05, 4.69) is 244 Å². The minimum Gasteiger partial charge on any atom is -0.376 e. The predicted molar refractivity (Wildman–Crippen MR) is 291 cm³/mol. The van der Waals surface area contributed by atoms with E-state index in [4.69, 9.17) is 0 Å². The van der Waals surface area contributed by atoms with E-state index in [1.54, 1.807) is 0 Å². The first kappa shape index (κ1) is 42.1. The number of hydrogen-bond acceptors (Lipinski definition) is 1.